The molecule has 1 atom stereocenters. The van der Waals surface area contributed by atoms with Crippen molar-refractivity contribution in [1.29, 1.82) is 0 Å². The number of aliphatic hydroxyl groups is 1. The van der Waals surface area contributed by atoms with Crippen molar-refractivity contribution in [3.05, 3.63) is 0 Å². The first-order valence-electron chi connectivity index (χ1n) is 7.61. The Morgan fingerprint density at radius 2 is 2.00 bits per heavy atom. The lowest BCUT2D eigenvalue weighted by Crippen LogP contribution is -2.41. The molecule has 3 heteroatoms. The maximum Gasteiger partial charge on any atom is 0.0499 e. The van der Waals surface area contributed by atoms with Crippen LogP contribution in [0.2, 0.25) is 0 Å². The number of hydrogen-bond donors (Lipinski definition) is 1. The maximum absolute atomic E-state index is 9.76. The van der Waals surface area contributed by atoms with Gasteiger partial charge in [-0.25, -0.2) is 0 Å². The molecule has 0 aromatic carbocycles. The minimum Gasteiger partial charge on any atom is -0.396 e. The molecule has 2 fully saturated rings. The van der Waals surface area contributed by atoms with Crippen LogP contribution in [-0.2, 0) is 0 Å². The van der Waals surface area contributed by atoms with Gasteiger partial charge in [0.05, 0.1) is 0 Å². The molecule has 1 aliphatic carbocycles. The molecule has 1 unspecified atom stereocenters. The fourth-order valence-corrected chi connectivity index (χ4v) is 3.92. The van der Waals surface area contributed by atoms with Crippen molar-refractivity contribution < 1.29 is 5.11 Å². The summed E-state index contributed by atoms with van der Waals surface area (Å²) in [5.41, 5.74) is 0.206. The quantitative estimate of drug-likeness (QED) is 0.810. The smallest absolute Gasteiger partial charge is 0.0499 e. The third-order valence-electron chi connectivity index (χ3n) is 4.91. The van der Waals surface area contributed by atoms with Crippen LogP contribution < -0.4 is 0 Å². The maximum atomic E-state index is 9.76. The first-order valence-corrected chi connectivity index (χ1v) is 7.61. The van der Waals surface area contributed by atoms with Crippen LogP contribution in [0.1, 0.15) is 38.5 Å². The molecular weight excluding hydrogens is 224 g/mol. The van der Waals surface area contributed by atoms with Gasteiger partial charge in [0.2, 0.25) is 0 Å². The summed E-state index contributed by atoms with van der Waals surface area (Å²) in [6, 6.07) is 0. The van der Waals surface area contributed by atoms with Gasteiger partial charge in [-0.2, -0.15) is 0 Å². The van der Waals surface area contributed by atoms with Crippen molar-refractivity contribution in [3.63, 3.8) is 0 Å². The average Bonchev–Trinajstić information content (AvgIpc) is 2.75. The Morgan fingerprint density at radius 3 is 2.56 bits per heavy atom. The zero-order chi connectivity index (χ0) is 13.0. The molecule has 1 aliphatic heterocycles. The van der Waals surface area contributed by atoms with E-state index in [0.29, 0.717) is 6.61 Å². The molecule has 0 aromatic heterocycles. The van der Waals surface area contributed by atoms with E-state index in [0.717, 1.165) is 12.5 Å². The minimum absolute atomic E-state index is 0.206. The lowest BCUT2D eigenvalue weighted by molar-refractivity contribution is 0.0445. The van der Waals surface area contributed by atoms with Crippen molar-refractivity contribution >= 4 is 0 Å². The molecule has 0 amide bonds. The topological polar surface area (TPSA) is 26.7 Å². The van der Waals surface area contributed by atoms with E-state index < -0.39 is 0 Å². The standard InChI is InChI=1S/C15H30N2O/c1-16-9-6-14(10-16)11-17(2)12-15(13-18)7-4-3-5-8-15/h14,18H,3-13H2,1-2H3. The largest absolute Gasteiger partial charge is 0.396 e. The summed E-state index contributed by atoms with van der Waals surface area (Å²) in [4.78, 5) is 4.91. The predicted molar refractivity (Wildman–Crippen MR) is 75.7 cm³/mol. The molecule has 1 saturated heterocycles. The van der Waals surface area contributed by atoms with E-state index in [4.69, 9.17) is 0 Å². The Labute approximate surface area is 112 Å². The molecule has 18 heavy (non-hydrogen) atoms. The van der Waals surface area contributed by atoms with Gasteiger partial charge >= 0.3 is 0 Å². The Hall–Kier alpha value is -0.120. The third kappa shape index (κ3) is 3.69. The Morgan fingerprint density at radius 1 is 1.28 bits per heavy atom. The summed E-state index contributed by atoms with van der Waals surface area (Å²) in [6.45, 7) is 5.16. The highest BCUT2D eigenvalue weighted by Crippen LogP contribution is 2.36. The van der Waals surface area contributed by atoms with Crippen molar-refractivity contribution in [2.75, 3.05) is 46.9 Å². The Kier molecular flexibility index (Phi) is 5.05. The van der Waals surface area contributed by atoms with Crippen LogP contribution in [0, 0.1) is 11.3 Å². The number of rotatable bonds is 5. The van der Waals surface area contributed by atoms with Gasteiger partial charge in [0.25, 0.3) is 0 Å². The molecule has 2 rings (SSSR count). The Bertz CT molecular complexity index is 251. The molecule has 2 aliphatic rings. The molecule has 0 spiro atoms. The predicted octanol–water partition coefficient (Wildman–Crippen LogP) is 1.81. The fraction of sp³-hybridized carbons (Fsp3) is 1.00. The van der Waals surface area contributed by atoms with Crippen LogP contribution in [0.15, 0.2) is 0 Å². The van der Waals surface area contributed by atoms with E-state index in [1.165, 1.54) is 58.2 Å². The van der Waals surface area contributed by atoms with Crippen molar-refractivity contribution in [3.8, 4) is 0 Å². The van der Waals surface area contributed by atoms with Crippen LogP contribution in [0.25, 0.3) is 0 Å². The highest BCUT2D eigenvalue weighted by atomic mass is 16.3. The van der Waals surface area contributed by atoms with Gasteiger partial charge in [0, 0.05) is 31.7 Å². The monoisotopic (exact) mass is 254 g/mol. The summed E-state index contributed by atoms with van der Waals surface area (Å²) in [5, 5.41) is 9.76. The number of nitrogens with zero attached hydrogens (tertiary/aromatic N) is 2. The van der Waals surface area contributed by atoms with E-state index in [1.807, 2.05) is 0 Å². The second-order valence-corrected chi connectivity index (χ2v) is 6.83. The first kappa shape index (κ1) is 14.3. The molecule has 1 N–H and O–H groups in total. The molecule has 0 radical (unpaired) electrons. The van der Waals surface area contributed by atoms with Gasteiger partial charge in [-0.1, -0.05) is 19.3 Å². The van der Waals surface area contributed by atoms with Crippen LogP contribution in [0.4, 0.5) is 0 Å². The van der Waals surface area contributed by atoms with Crippen LogP contribution in [0.3, 0.4) is 0 Å². The van der Waals surface area contributed by atoms with E-state index in [9.17, 15) is 5.11 Å². The molecule has 3 nitrogen and oxygen atoms in total. The fourth-order valence-electron chi connectivity index (χ4n) is 3.92. The van der Waals surface area contributed by atoms with E-state index >= 15 is 0 Å². The molecular formula is C15H30N2O. The van der Waals surface area contributed by atoms with Crippen LogP contribution in [0.5, 0.6) is 0 Å². The highest BCUT2D eigenvalue weighted by Gasteiger charge is 2.33. The van der Waals surface area contributed by atoms with Crippen LogP contribution in [-0.4, -0.2) is 61.8 Å². The van der Waals surface area contributed by atoms with E-state index in [-0.39, 0.29) is 5.41 Å². The van der Waals surface area contributed by atoms with Gasteiger partial charge in [-0.15, -0.1) is 0 Å². The summed E-state index contributed by atoms with van der Waals surface area (Å²) >= 11 is 0. The van der Waals surface area contributed by atoms with Crippen molar-refractivity contribution in [1.82, 2.24) is 9.80 Å². The number of aliphatic hydroxyl groups excluding tert-OH is 1. The van der Waals surface area contributed by atoms with Crippen LogP contribution >= 0.6 is 0 Å². The van der Waals surface area contributed by atoms with Gasteiger partial charge < -0.3 is 14.9 Å². The van der Waals surface area contributed by atoms with E-state index in [1.54, 1.807) is 0 Å². The SMILES string of the molecule is CN1CCC(CN(C)CC2(CO)CCCCC2)C1. The van der Waals surface area contributed by atoms with Gasteiger partial charge in [0.15, 0.2) is 0 Å². The second-order valence-electron chi connectivity index (χ2n) is 6.83. The molecule has 1 heterocycles. The summed E-state index contributed by atoms with van der Waals surface area (Å²) < 4.78 is 0. The normalized spacial score (nSPS) is 29.0. The zero-order valence-corrected chi connectivity index (χ0v) is 12.2. The minimum atomic E-state index is 0.206. The average molecular weight is 254 g/mol. The lowest BCUT2D eigenvalue weighted by Gasteiger charge is -2.39. The second kappa shape index (κ2) is 6.36. The molecule has 0 bridgehead atoms. The summed E-state index contributed by atoms with van der Waals surface area (Å²) in [7, 11) is 4.46. The lowest BCUT2D eigenvalue weighted by atomic mass is 9.74. The molecule has 1 saturated carbocycles. The summed E-state index contributed by atoms with van der Waals surface area (Å²) in [6.07, 6.45) is 7.75. The Balaban J connectivity index is 1.79. The first-order chi connectivity index (χ1) is 8.63. The van der Waals surface area contributed by atoms with E-state index in [2.05, 4.69) is 23.9 Å². The number of likely N-dealkylation sites (tertiary alicyclic amines) is 1. The highest BCUT2D eigenvalue weighted by molar-refractivity contribution is 4.86. The van der Waals surface area contributed by atoms with Crippen molar-refractivity contribution in [2.45, 2.75) is 38.5 Å². The zero-order valence-electron chi connectivity index (χ0n) is 12.2. The summed E-state index contributed by atoms with van der Waals surface area (Å²) in [5.74, 6) is 0.833. The van der Waals surface area contributed by atoms with Gasteiger partial charge in [0.1, 0.15) is 0 Å². The molecule has 106 valence electrons. The van der Waals surface area contributed by atoms with Gasteiger partial charge in [-0.3, -0.25) is 0 Å². The third-order valence-corrected chi connectivity index (χ3v) is 4.91. The molecule has 0 aromatic rings. The van der Waals surface area contributed by atoms with Crippen molar-refractivity contribution in [2.24, 2.45) is 11.3 Å². The number of hydrogen-bond acceptors (Lipinski definition) is 3. The van der Waals surface area contributed by atoms with Gasteiger partial charge in [-0.05, 0) is 45.8 Å².